The van der Waals surface area contributed by atoms with Crippen LogP contribution < -0.4 is 0 Å². The molecule has 4 heteroatoms. The van der Waals surface area contributed by atoms with Crippen molar-refractivity contribution in [2.45, 2.75) is 5.60 Å². The Balaban J connectivity index is 2.15. The summed E-state index contributed by atoms with van der Waals surface area (Å²) in [6, 6.07) is 18.5. The third kappa shape index (κ3) is 2.12. The Bertz CT molecular complexity index is 639. The number of hydrogen-bond acceptors (Lipinski definition) is 4. The van der Waals surface area contributed by atoms with Crippen molar-refractivity contribution in [3.05, 3.63) is 71.8 Å². The molecule has 0 N–H and O–H groups in total. The normalized spacial score (nSPS) is 19.9. The first-order chi connectivity index (χ1) is 10.7. The Morgan fingerprint density at radius 2 is 1.55 bits per heavy atom. The molecule has 112 valence electrons. The number of benzene rings is 2. The minimum Gasteiger partial charge on any atom is -0.468 e. The summed E-state index contributed by atoms with van der Waals surface area (Å²) in [6.07, 6.45) is 0. The molecule has 2 aromatic carbocycles. The van der Waals surface area contributed by atoms with Crippen molar-refractivity contribution in [2.75, 3.05) is 13.7 Å². The lowest BCUT2D eigenvalue weighted by atomic mass is 9.80. The van der Waals surface area contributed by atoms with E-state index in [0.29, 0.717) is 0 Å². The first-order valence-electron chi connectivity index (χ1n) is 7.07. The zero-order chi connectivity index (χ0) is 15.6. The van der Waals surface area contributed by atoms with Gasteiger partial charge in [0.2, 0.25) is 0 Å². The highest BCUT2D eigenvalue weighted by Crippen LogP contribution is 2.42. The van der Waals surface area contributed by atoms with E-state index in [1.54, 1.807) is 0 Å². The average Bonchev–Trinajstić information content (AvgIpc) is 2.94. The van der Waals surface area contributed by atoms with Gasteiger partial charge in [0.05, 0.1) is 13.7 Å². The molecule has 0 bridgehead atoms. The van der Waals surface area contributed by atoms with E-state index in [4.69, 9.17) is 9.47 Å². The van der Waals surface area contributed by atoms with Gasteiger partial charge in [-0.25, -0.2) is 0 Å². The van der Waals surface area contributed by atoms with Crippen LogP contribution in [0.3, 0.4) is 0 Å². The summed E-state index contributed by atoms with van der Waals surface area (Å²) >= 11 is 0. The minimum absolute atomic E-state index is 0.0231. The molecule has 0 aromatic heterocycles. The standard InChI is InChI=1S/C18H16O4/c1-21-17(20)15-12-22-18(16(15)19,13-8-4-2-5-9-13)14-10-6-3-7-11-14/h2-11,15H,12H2,1H3/t15-/m1/s1. The van der Waals surface area contributed by atoms with Crippen LogP contribution in [-0.4, -0.2) is 25.5 Å². The van der Waals surface area contributed by atoms with Crippen molar-refractivity contribution in [2.24, 2.45) is 5.92 Å². The molecule has 3 rings (SSSR count). The molecule has 22 heavy (non-hydrogen) atoms. The third-order valence-electron chi connectivity index (χ3n) is 3.98. The van der Waals surface area contributed by atoms with Gasteiger partial charge in [-0.1, -0.05) is 60.7 Å². The summed E-state index contributed by atoms with van der Waals surface area (Å²) < 4.78 is 10.6. The molecule has 0 aliphatic carbocycles. The molecule has 0 saturated carbocycles. The maximum atomic E-state index is 13.0. The lowest BCUT2D eigenvalue weighted by Crippen LogP contribution is -2.38. The Morgan fingerprint density at radius 3 is 2.00 bits per heavy atom. The number of ether oxygens (including phenoxy) is 2. The van der Waals surface area contributed by atoms with E-state index in [2.05, 4.69) is 0 Å². The van der Waals surface area contributed by atoms with Crippen molar-refractivity contribution < 1.29 is 19.1 Å². The fourth-order valence-corrected chi connectivity index (χ4v) is 2.88. The number of methoxy groups -OCH3 is 1. The highest BCUT2D eigenvalue weighted by molar-refractivity contribution is 6.07. The van der Waals surface area contributed by atoms with Crippen molar-refractivity contribution >= 4 is 11.8 Å². The van der Waals surface area contributed by atoms with Gasteiger partial charge in [0.25, 0.3) is 0 Å². The molecule has 0 unspecified atom stereocenters. The van der Waals surface area contributed by atoms with Crippen LogP contribution in [0.15, 0.2) is 60.7 Å². The number of Topliss-reactive ketones (excluding diaryl/α,β-unsaturated/α-hetero) is 1. The highest BCUT2D eigenvalue weighted by Gasteiger charge is 2.54. The molecule has 1 saturated heterocycles. The molecule has 2 aromatic rings. The second-order valence-corrected chi connectivity index (χ2v) is 5.16. The van der Waals surface area contributed by atoms with Gasteiger partial charge >= 0.3 is 5.97 Å². The molecule has 1 atom stereocenters. The van der Waals surface area contributed by atoms with E-state index < -0.39 is 17.5 Å². The summed E-state index contributed by atoms with van der Waals surface area (Å²) in [5.74, 6) is -1.74. The van der Waals surface area contributed by atoms with Crippen LogP contribution in [0.5, 0.6) is 0 Å². The topological polar surface area (TPSA) is 52.6 Å². The number of carbonyl (C=O) groups excluding carboxylic acids is 2. The third-order valence-corrected chi connectivity index (χ3v) is 3.98. The molecular formula is C18H16O4. The molecule has 1 heterocycles. The van der Waals surface area contributed by atoms with E-state index in [9.17, 15) is 9.59 Å². The Labute approximate surface area is 128 Å². The lowest BCUT2D eigenvalue weighted by Gasteiger charge is -2.28. The number of ketones is 1. The first-order valence-corrected chi connectivity index (χ1v) is 7.07. The predicted molar refractivity (Wildman–Crippen MR) is 80.1 cm³/mol. The monoisotopic (exact) mass is 296 g/mol. The molecule has 1 aliphatic rings. The molecule has 0 amide bonds. The van der Waals surface area contributed by atoms with Gasteiger partial charge in [0.1, 0.15) is 5.92 Å². The van der Waals surface area contributed by atoms with Gasteiger partial charge in [0, 0.05) is 0 Å². The van der Waals surface area contributed by atoms with Crippen LogP contribution in [0, 0.1) is 5.92 Å². The molecule has 1 fully saturated rings. The largest absolute Gasteiger partial charge is 0.468 e. The summed E-state index contributed by atoms with van der Waals surface area (Å²) in [4.78, 5) is 24.9. The Hall–Kier alpha value is -2.46. The molecule has 0 spiro atoms. The smallest absolute Gasteiger partial charge is 0.318 e. The SMILES string of the molecule is COC(=O)[C@@H]1COC(c2ccccc2)(c2ccccc2)C1=O. The second kappa shape index (κ2) is 5.73. The maximum Gasteiger partial charge on any atom is 0.318 e. The van der Waals surface area contributed by atoms with E-state index in [-0.39, 0.29) is 12.4 Å². The molecule has 4 nitrogen and oxygen atoms in total. The maximum absolute atomic E-state index is 13.0. The lowest BCUT2D eigenvalue weighted by molar-refractivity contribution is -0.148. The predicted octanol–water partition coefficient (Wildman–Crippen LogP) is 2.32. The molecule has 1 aliphatic heterocycles. The Kier molecular flexibility index (Phi) is 3.77. The van der Waals surface area contributed by atoms with Crippen LogP contribution in [-0.2, 0) is 24.7 Å². The van der Waals surface area contributed by atoms with Crippen LogP contribution in [0.1, 0.15) is 11.1 Å². The fourth-order valence-electron chi connectivity index (χ4n) is 2.88. The highest BCUT2D eigenvalue weighted by atomic mass is 16.5. The minimum atomic E-state index is -1.25. The van der Waals surface area contributed by atoms with E-state index in [0.717, 1.165) is 11.1 Å². The van der Waals surface area contributed by atoms with E-state index in [1.807, 2.05) is 60.7 Å². The molecular weight excluding hydrogens is 280 g/mol. The van der Waals surface area contributed by atoms with Crippen LogP contribution >= 0.6 is 0 Å². The summed E-state index contributed by atoms with van der Waals surface area (Å²) in [5.41, 5.74) is 0.191. The summed E-state index contributed by atoms with van der Waals surface area (Å²) in [7, 11) is 1.28. The van der Waals surface area contributed by atoms with Gasteiger partial charge in [0.15, 0.2) is 11.4 Å². The van der Waals surface area contributed by atoms with Gasteiger partial charge < -0.3 is 9.47 Å². The van der Waals surface area contributed by atoms with Crippen LogP contribution in [0.25, 0.3) is 0 Å². The number of rotatable bonds is 3. The average molecular weight is 296 g/mol. The van der Waals surface area contributed by atoms with Gasteiger partial charge in [-0.3, -0.25) is 9.59 Å². The van der Waals surface area contributed by atoms with E-state index >= 15 is 0 Å². The van der Waals surface area contributed by atoms with Gasteiger partial charge in [-0.05, 0) is 11.1 Å². The van der Waals surface area contributed by atoms with E-state index in [1.165, 1.54) is 7.11 Å². The zero-order valence-corrected chi connectivity index (χ0v) is 12.2. The van der Waals surface area contributed by atoms with Crippen molar-refractivity contribution in [3.8, 4) is 0 Å². The second-order valence-electron chi connectivity index (χ2n) is 5.16. The number of esters is 1. The zero-order valence-electron chi connectivity index (χ0n) is 12.2. The van der Waals surface area contributed by atoms with Crippen molar-refractivity contribution in [3.63, 3.8) is 0 Å². The van der Waals surface area contributed by atoms with Gasteiger partial charge in [-0.15, -0.1) is 0 Å². The van der Waals surface area contributed by atoms with Crippen molar-refractivity contribution in [1.29, 1.82) is 0 Å². The van der Waals surface area contributed by atoms with Crippen LogP contribution in [0.4, 0.5) is 0 Å². The van der Waals surface area contributed by atoms with Gasteiger partial charge in [-0.2, -0.15) is 0 Å². The fraction of sp³-hybridized carbons (Fsp3) is 0.222. The first kappa shape index (κ1) is 14.5. The Morgan fingerprint density at radius 1 is 1.05 bits per heavy atom. The number of carbonyl (C=O) groups is 2. The van der Waals surface area contributed by atoms with Crippen LogP contribution in [0.2, 0.25) is 0 Å². The van der Waals surface area contributed by atoms with Crippen molar-refractivity contribution in [1.82, 2.24) is 0 Å². The quantitative estimate of drug-likeness (QED) is 0.644. The number of hydrogen-bond donors (Lipinski definition) is 0. The summed E-state index contributed by atoms with van der Waals surface area (Å²) in [5, 5.41) is 0. The summed E-state index contributed by atoms with van der Waals surface area (Å²) in [6.45, 7) is 0.0231. The molecule has 0 radical (unpaired) electrons.